The summed E-state index contributed by atoms with van der Waals surface area (Å²) >= 11 is 5.00. The van der Waals surface area contributed by atoms with Gasteiger partial charge in [0.05, 0.1) is 26.7 Å². The van der Waals surface area contributed by atoms with E-state index in [1.165, 1.54) is 76.8 Å². The fourth-order valence-corrected chi connectivity index (χ4v) is 7.72. The summed E-state index contributed by atoms with van der Waals surface area (Å²) in [6.07, 6.45) is 6.43. The molecule has 4 unspecified atom stereocenters. The first-order valence-electron chi connectivity index (χ1n) is 21.1. The Hall–Kier alpha value is -3.40. The Morgan fingerprint density at radius 2 is 0.911 bits per heavy atom. The maximum absolute atomic E-state index is 7.57. The molecular weight excluding hydrogens is 725 g/mol. The molecule has 0 spiro atoms. The molecule has 6 rings (SSSR count). The number of piperidine rings is 1. The average molecular weight is 799 g/mol. The van der Waals surface area contributed by atoms with E-state index in [1.807, 2.05) is 20.8 Å². The molecule has 0 amide bonds. The van der Waals surface area contributed by atoms with E-state index in [0.717, 1.165) is 18.7 Å². The highest BCUT2D eigenvalue weighted by Crippen LogP contribution is 2.51. The van der Waals surface area contributed by atoms with Crippen LogP contribution >= 0.6 is 11.6 Å². The molecule has 0 aliphatic carbocycles. The van der Waals surface area contributed by atoms with Crippen LogP contribution in [0.2, 0.25) is 0 Å². The van der Waals surface area contributed by atoms with Gasteiger partial charge in [0.25, 0.3) is 0 Å². The monoisotopic (exact) mass is 798 g/mol. The summed E-state index contributed by atoms with van der Waals surface area (Å²) in [5, 5.41) is 7.57. The predicted molar refractivity (Wildman–Crippen MR) is 243 cm³/mol. The molecule has 306 valence electrons. The van der Waals surface area contributed by atoms with Crippen LogP contribution in [0.1, 0.15) is 125 Å². The summed E-state index contributed by atoms with van der Waals surface area (Å²) in [6.45, 7) is 18.9. The molecule has 4 atom stereocenters. The van der Waals surface area contributed by atoms with Crippen molar-refractivity contribution in [3.8, 4) is 0 Å². The fraction of sp³-hybridized carbons (Fsp3) is 0.423. The third-order valence-electron chi connectivity index (χ3n) is 10.8. The number of hydrogen-bond acceptors (Lipinski definition) is 1. The number of halogens is 2. The largest absolute Gasteiger partial charge is 1.00 e. The second kappa shape index (κ2) is 29.8. The minimum Gasteiger partial charge on any atom is -1.00 e. The van der Waals surface area contributed by atoms with Crippen LogP contribution in [0.5, 0.6) is 0 Å². The van der Waals surface area contributed by atoms with E-state index in [2.05, 4.69) is 173 Å². The van der Waals surface area contributed by atoms with E-state index in [0.29, 0.717) is 23.7 Å². The van der Waals surface area contributed by atoms with Crippen LogP contribution in [-0.2, 0) is 12.8 Å². The van der Waals surface area contributed by atoms with Crippen molar-refractivity contribution in [3.05, 3.63) is 179 Å². The van der Waals surface area contributed by atoms with Crippen molar-refractivity contribution in [2.75, 3.05) is 39.2 Å². The smallest absolute Gasteiger partial charge is 0.0784 e. The molecular formula is C52H73Cl2NO. The molecule has 1 heterocycles. The van der Waals surface area contributed by atoms with E-state index in [4.69, 9.17) is 16.7 Å². The summed E-state index contributed by atoms with van der Waals surface area (Å²) in [7, 11) is 2.37. The number of aryl methyl sites for hydroxylation is 1. The van der Waals surface area contributed by atoms with Crippen molar-refractivity contribution < 1.29 is 22.0 Å². The van der Waals surface area contributed by atoms with Crippen LogP contribution in [0.15, 0.2) is 146 Å². The van der Waals surface area contributed by atoms with Crippen LogP contribution in [0.4, 0.5) is 0 Å². The van der Waals surface area contributed by atoms with E-state index >= 15 is 0 Å². The van der Waals surface area contributed by atoms with Gasteiger partial charge in [0.2, 0.25) is 0 Å². The van der Waals surface area contributed by atoms with Crippen molar-refractivity contribution >= 4 is 11.6 Å². The molecule has 0 radical (unpaired) electrons. The van der Waals surface area contributed by atoms with Crippen LogP contribution in [0, 0.1) is 0 Å². The Morgan fingerprint density at radius 3 is 1.29 bits per heavy atom. The molecule has 0 saturated carbocycles. The van der Waals surface area contributed by atoms with Gasteiger partial charge in [-0.3, -0.25) is 0 Å². The van der Waals surface area contributed by atoms with Gasteiger partial charge in [-0.2, -0.15) is 0 Å². The van der Waals surface area contributed by atoms with Crippen molar-refractivity contribution in [3.63, 3.8) is 0 Å². The lowest BCUT2D eigenvalue weighted by molar-refractivity contribution is -0.912. The van der Waals surface area contributed by atoms with Crippen LogP contribution in [-0.4, -0.2) is 48.8 Å². The Balaban J connectivity index is 0.000000733. The average Bonchev–Trinajstić information content (AvgIpc) is 3.25. The molecule has 56 heavy (non-hydrogen) atoms. The first kappa shape index (κ1) is 50.6. The third kappa shape index (κ3) is 17.0. The maximum atomic E-state index is 7.57. The first-order valence-corrected chi connectivity index (χ1v) is 21.7. The highest BCUT2D eigenvalue weighted by Gasteiger charge is 2.36. The van der Waals surface area contributed by atoms with Crippen molar-refractivity contribution in [2.45, 2.75) is 104 Å². The van der Waals surface area contributed by atoms with E-state index < -0.39 is 0 Å². The molecule has 0 bridgehead atoms. The zero-order valence-electron chi connectivity index (χ0n) is 35.9. The van der Waals surface area contributed by atoms with Gasteiger partial charge in [0.1, 0.15) is 0 Å². The second-order valence-electron chi connectivity index (χ2n) is 14.5. The first-order chi connectivity index (χ1) is 26.8. The summed E-state index contributed by atoms with van der Waals surface area (Å²) in [5.74, 6) is 1.99. The lowest BCUT2D eigenvalue weighted by Gasteiger charge is -2.39. The van der Waals surface area contributed by atoms with Gasteiger partial charge in [-0.15, -0.1) is 11.6 Å². The molecule has 1 fully saturated rings. The van der Waals surface area contributed by atoms with Gasteiger partial charge in [-0.05, 0) is 103 Å². The number of aliphatic hydroxyl groups is 1. The third-order valence-corrected chi connectivity index (χ3v) is 10.8. The van der Waals surface area contributed by atoms with Gasteiger partial charge in [0.15, 0.2) is 0 Å². The molecule has 5 aromatic rings. The lowest BCUT2D eigenvalue weighted by atomic mass is 9.64. The molecule has 5 aromatic carbocycles. The van der Waals surface area contributed by atoms with Gasteiger partial charge in [-0.25, -0.2) is 0 Å². The minimum atomic E-state index is 0. The highest BCUT2D eigenvalue weighted by molar-refractivity contribution is 6.17. The van der Waals surface area contributed by atoms with Gasteiger partial charge in [0, 0.05) is 12.5 Å². The summed E-state index contributed by atoms with van der Waals surface area (Å²) in [5.41, 5.74) is 8.40. The summed E-state index contributed by atoms with van der Waals surface area (Å²) in [6, 6.07) is 54.0. The Kier molecular flexibility index (Phi) is 26.9. The van der Waals surface area contributed by atoms with Crippen LogP contribution in [0.25, 0.3) is 0 Å². The number of benzene rings is 5. The quantitative estimate of drug-likeness (QED) is 0.104. The van der Waals surface area contributed by atoms with Gasteiger partial charge in [-0.1, -0.05) is 180 Å². The number of nitrogens with zero attached hydrogens (tertiary/aromatic N) is 1. The van der Waals surface area contributed by atoms with Crippen LogP contribution in [0.3, 0.4) is 0 Å². The Labute approximate surface area is 354 Å². The molecule has 1 aliphatic heterocycles. The van der Waals surface area contributed by atoms with E-state index in [9.17, 15) is 0 Å². The number of hydrogen-bond donors (Lipinski definition) is 1. The Bertz CT molecular complexity index is 1610. The molecule has 4 heteroatoms. The Morgan fingerprint density at radius 1 is 0.554 bits per heavy atom. The normalized spacial score (nSPS) is 14.7. The second-order valence-corrected chi connectivity index (χ2v) is 15.0. The molecule has 1 aliphatic rings. The maximum Gasteiger partial charge on any atom is 0.0784 e. The summed E-state index contributed by atoms with van der Waals surface area (Å²) < 4.78 is 1.32. The predicted octanol–water partition coefficient (Wildman–Crippen LogP) is 10.9. The number of alkyl halides is 1. The zero-order valence-corrected chi connectivity index (χ0v) is 37.4. The molecule has 1 saturated heterocycles. The molecule has 2 nitrogen and oxygen atoms in total. The van der Waals surface area contributed by atoms with Gasteiger partial charge >= 0.3 is 0 Å². The van der Waals surface area contributed by atoms with Crippen molar-refractivity contribution in [1.82, 2.24) is 0 Å². The standard InChI is InChI=1S/C38H38.C8H18N.C2H5Cl.C2H6O.C2H6.ClH/c1-3-30-24-26-31(27-25-30)28-36(33-18-10-5-11-19-33)38(35-22-14-7-15-23-35)37(34-20-12-6-13-21-34)29(2)32-16-8-4-9-17-32;1-3-9(2)7-5-4-6-8-9;2*1-2-3;1-2;/h4-27,29,36-38H,3,28H2,1-2H3;3-8H2,1-2H3;2H2,1H3;3H,2H2,1H3;1-2H3;1H/q;+1;;;;/p-1. The van der Waals surface area contributed by atoms with Crippen molar-refractivity contribution in [2.24, 2.45) is 0 Å². The molecule has 1 N–H and O–H groups in total. The fourth-order valence-electron chi connectivity index (χ4n) is 7.72. The minimum absolute atomic E-state index is 0. The number of quaternary nitrogens is 1. The zero-order chi connectivity index (χ0) is 40.3. The van der Waals surface area contributed by atoms with Crippen molar-refractivity contribution in [1.29, 1.82) is 0 Å². The van der Waals surface area contributed by atoms with Crippen LogP contribution < -0.4 is 12.4 Å². The number of likely N-dealkylation sites (tertiary alicyclic amines) is 1. The van der Waals surface area contributed by atoms with E-state index in [1.54, 1.807) is 6.92 Å². The highest BCUT2D eigenvalue weighted by atomic mass is 35.5. The summed E-state index contributed by atoms with van der Waals surface area (Å²) in [4.78, 5) is 0. The topological polar surface area (TPSA) is 20.2 Å². The molecule has 0 aromatic heterocycles. The lowest BCUT2D eigenvalue weighted by Crippen LogP contribution is -3.00. The number of rotatable bonds is 11. The SMILES string of the molecule is CC.CCCl.CCO.CC[N+]1(C)CCCCC1.CCc1ccc(CC(c2ccccc2)C(c2ccccc2)C(c2ccccc2)C(C)c2ccccc2)cc1.[Cl-]. The van der Waals surface area contributed by atoms with E-state index in [-0.39, 0.29) is 19.0 Å². The van der Waals surface area contributed by atoms with Gasteiger partial charge < -0.3 is 22.0 Å². The number of aliphatic hydroxyl groups excluding tert-OH is 1.